The third kappa shape index (κ3) is 4.67. The van der Waals surface area contributed by atoms with Gasteiger partial charge in [0.1, 0.15) is 16.0 Å². The van der Waals surface area contributed by atoms with Gasteiger partial charge >= 0.3 is 0 Å². The smallest absolute Gasteiger partial charge is 0.140 e. The maximum atomic E-state index is 5.54. The normalized spacial score (nSPS) is 13.2. The van der Waals surface area contributed by atoms with E-state index in [2.05, 4.69) is 55.0 Å². The standard InChI is InChI=1S/C16H26BrNO2/c1-11(9-10-18-16(2,3)4)12-7-8-13(19-5)14(17)15(12)20-6/h7-8,11,18H,9-10H2,1-6H3. The van der Waals surface area contributed by atoms with Gasteiger partial charge in [0.15, 0.2) is 0 Å². The molecule has 0 aliphatic rings. The second kappa shape index (κ2) is 7.32. The Morgan fingerprint density at radius 2 is 1.85 bits per heavy atom. The van der Waals surface area contributed by atoms with E-state index in [-0.39, 0.29) is 5.54 Å². The molecule has 0 saturated carbocycles. The van der Waals surface area contributed by atoms with Crippen LogP contribution >= 0.6 is 15.9 Å². The number of halogens is 1. The first kappa shape index (κ1) is 17.3. The van der Waals surface area contributed by atoms with Gasteiger partial charge in [0.2, 0.25) is 0 Å². The molecule has 0 fully saturated rings. The van der Waals surface area contributed by atoms with Gasteiger partial charge in [0, 0.05) is 5.54 Å². The molecular formula is C16H26BrNO2. The summed E-state index contributed by atoms with van der Waals surface area (Å²) in [6, 6.07) is 4.07. The van der Waals surface area contributed by atoms with E-state index in [1.807, 2.05) is 6.07 Å². The van der Waals surface area contributed by atoms with Crippen molar-refractivity contribution in [1.82, 2.24) is 5.32 Å². The highest BCUT2D eigenvalue weighted by Gasteiger charge is 2.18. The number of nitrogens with one attached hydrogen (secondary N) is 1. The van der Waals surface area contributed by atoms with Crippen molar-refractivity contribution in [3.63, 3.8) is 0 Å². The number of benzene rings is 1. The van der Waals surface area contributed by atoms with Crippen molar-refractivity contribution in [2.24, 2.45) is 0 Å². The van der Waals surface area contributed by atoms with Crippen LogP contribution in [0.25, 0.3) is 0 Å². The van der Waals surface area contributed by atoms with Gasteiger partial charge in [-0.3, -0.25) is 0 Å². The van der Waals surface area contributed by atoms with Crippen molar-refractivity contribution >= 4 is 15.9 Å². The van der Waals surface area contributed by atoms with E-state index in [0.29, 0.717) is 5.92 Å². The topological polar surface area (TPSA) is 30.5 Å². The predicted octanol–water partition coefficient (Wildman–Crippen LogP) is 4.35. The first-order valence-electron chi connectivity index (χ1n) is 6.95. The molecule has 0 aromatic heterocycles. The molecule has 3 nitrogen and oxygen atoms in total. The second-order valence-corrected chi connectivity index (χ2v) is 6.86. The van der Waals surface area contributed by atoms with E-state index < -0.39 is 0 Å². The number of methoxy groups -OCH3 is 2. The van der Waals surface area contributed by atoms with E-state index >= 15 is 0 Å². The Hall–Kier alpha value is -0.740. The summed E-state index contributed by atoms with van der Waals surface area (Å²) < 4.78 is 11.7. The van der Waals surface area contributed by atoms with Crippen LogP contribution in [-0.4, -0.2) is 26.3 Å². The molecule has 0 aliphatic carbocycles. The Morgan fingerprint density at radius 1 is 1.20 bits per heavy atom. The maximum Gasteiger partial charge on any atom is 0.140 e. The van der Waals surface area contributed by atoms with E-state index in [4.69, 9.17) is 9.47 Å². The zero-order chi connectivity index (χ0) is 15.3. The number of rotatable bonds is 6. The molecular weight excluding hydrogens is 318 g/mol. The molecule has 0 heterocycles. The fourth-order valence-electron chi connectivity index (χ4n) is 2.13. The first-order valence-corrected chi connectivity index (χ1v) is 7.75. The fourth-order valence-corrected chi connectivity index (χ4v) is 2.81. The third-order valence-corrected chi connectivity index (χ3v) is 4.03. The molecule has 1 atom stereocenters. The van der Waals surface area contributed by atoms with Gasteiger partial charge in [-0.25, -0.2) is 0 Å². The van der Waals surface area contributed by atoms with Gasteiger partial charge in [-0.1, -0.05) is 13.0 Å². The monoisotopic (exact) mass is 343 g/mol. The van der Waals surface area contributed by atoms with Gasteiger partial charge in [-0.15, -0.1) is 0 Å². The van der Waals surface area contributed by atoms with Crippen LogP contribution in [0.5, 0.6) is 11.5 Å². The summed E-state index contributed by atoms with van der Waals surface area (Å²) in [5.74, 6) is 2.08. The lowest BCUT2D eigenvalue weighted by Crippen LogP contribution is -2.36. The molecule has 0 aliphatic heterocycles. The molecule has 0 bridgehead atoms. The van der Waals surface area contributed by atoms with Crippen molar-refractivity contribution < 1.29 is 9.47 Å². The van der Waals surface area contributed by atoms with Gasteiger partial charge in [0.05, 0.1) is 14.2 Å². The molecule has 0 spiro atoms. The van der Waals surface area contributed by atoms with Crippen molar-refractivity contribution in [2.45, 2.75) is 45.6 Å². The summed E-state index contributed by atoms with van der Waals surface area (Å²) in [6.07, 6.45) is 1.06. The summed E-state index contributed by atoms with van der Waals surface area (Å²) in [4.78, 5) is 0. The molecule has 1 aromatic carbocycles. The first-order chi connectivity index (χ1) is 9.30. The quantitative estimate of drug-likeness (QED) is 0.832. The third-order valence-electron chi connectivity index (χ3n) is 3.28. The van der Waals surface area contributed by atoms with Crippen LogP contribution in [0.2, 0.25) is 0 Å². The largest absolute Gasteiger partial charge is 0.495 e. The molecule has 1 unspecified atom stereocenters. The summed E-state index contributed by atoms with van der Waals surface area (Å²) in [7, 11) is 3.36. The molecule has 20 heavy (non-hydrogen) atoms. The van der Waals surface area contributed by atoms with E-state index in [1.165, 1.54) is 5.56 Å². The van der Waals surface area contributed by atoms with Gasteiger partial charge < -0.3 is 14.8 Å². The molecule has 114 valence electrons. The summed E-state index contributed by atoms with van der Waals surface area (Å²) in [5, 5.41) is 3.52. The van der Waals surface area contributed by atoms with Crippen LogP contribution in [0.15, 0.2) is 16.6 Å². The van der Waals surface area contributed by atoms with Crippen LogP contribution < -0.4 is 14.8 Å². The highest BCUT2D eigenvalue weighted by Crippen LogP contribution is 2.40. The molecule has 4 heteroatoms. The van der Waals surface area contributed by atoms with E-state index in [1.54, 1.807) is 14.2 Å². The summed E-state index contributed by atoms with van der Waals surface area (Å²) in [6.45, 7) is 9.76. The average Bonchev–Trinajstić information content (AvgIpc) is 2.36. The predicted molar refractivity (Wildman–Crippen MR) is 88.0 cm³/mol. The zero-order valence-electron chi connectivity index (χ0n) is 13.3. The SMILES string of the molecule is COc1ccc(C(C)CCNC(C)(C)C)c(OC)c1Br. The van der Waals surface area contributed by atoms with Crippen molar-refractivity contribution in [2.75, 3.05) is 20.8 Å². The molecule has 1 aromatic rings. The van der Waals surface area contributed by atoms with Crippen molar-refractivity contribution in [3.8, 4) is 11.5 Å². The Morgan fingerprint density at radius 3 is 2.35 bits per heavy atom. The van der Waals surface area contributed by atoms with Crippen molar-refractivity contribution in [3.05, 3.63) is 22.2 Å². The fraction of sp³-hybridized carbons (Fsp3) is 0.625. The highest BCUT2D eigenvalue weighted by molar-refractivity contribution is 9.10. The molecule has 1 rings (SSSR count). The molecule has 1 N–H and O–H groups in total. The van der Waals surface area contributed by atoms with Crippen LogP contribution in [-0.2, 0) is 0 Å². The Bertz CT molecular complexity index is 441. The number of hydrogen-bond donors (Lipinski definition) is 1. The van der Waals surface area contributed by atoms with Gasteiger partial charge in [0.25, 0.3) is 0 Å². The average molecular weight is 344 g/mol. The zero-order valence-corrected chi connectivity index (χ0v) is 14.9. The summed E-state index contributed by atoms with van der Waals surface area (Å²) >= 11 is 3.56. The lowest BCUT2D eigenvalue weighted by molar-refractivity contribution is 0.380. The Kier molecular flexibility index (Phi) is 6.34. The van der Waals surface area contributed by atoms with Gasteiger partial charge in [-0.05, 0) is 67.2 Å². The minimum absolute atomic E-state index is 0.157. The van der Waals surface area contributed by atoms with Crippen LogP contribution in [0.1, 0.15) is 45.6 Å². The maximum absolute atomic E-state index is 5.54. The van der Waals surface area contributed by atoms with Crippen molar-refractivity contribution in [1.29, 1.82) is 0 Å². The Balaban J connectivity index is 2.82. The van der Waals surface area contributed by atoms with E-state index in [9.17, 15) is 0 Å². The minimum Gasteiger partial charge on any atom is -0.495 e. The highest BCUT2D eigenvalue weighted by atomic mass is 79.9. The molecule has 0 radical (unpaired) electrons. The van der Waals surface area contributed by atoms with Crippen LogP contribution in [0.3, 0.4) is 0 Å². The van der Waals surface area contributed by atoms with E-state index in [0.717, 1.165) is 28.9 Å². The van der Waals surface area contributed by atoms with Crippen LogP contribution in [0, 0.1) is 0 Å². The minimum atomic E-state index is 0.157. The Labute approximate surface area is 131 Å². The molecule has 0 amide bonds. The number of hydrogen-bond acceptors (Lipinski definition) is 3. The lowest BCUT2D eigenvalue weighted by Gasteiger charge is -2.23. The lowest BCUT2D eigenvalue weighted by atomic mass is 9.96. The molecule has 0 saturated heterocycles. The van der Waals surface area contributed by atoms with Gasteiger partial charge in [-0.2, -0.15) is 0 Å². The van der Waals surface area contributed by atoms with Crippen LogP contribution in [0.4, 0.5) is 0 Å². The second-order valence-electron chi connectivity index (χ2n) is 6.07. The number of ether oxygens (including phenoxy) is 2. The summed E-state index contributed by atoms with van der Waals surface area (Å²) in [5.41, 5.74) is 1.36.